The van der Waals surface area contributed by atoms with Crippen LogP contribution in [0.25, 0.3) is 0 Å². The van der Waals surface area contributed by atoms with Gasteiger partial charge in [0, 0.05) is 77.0 Å². The van der Waals surface area contributed by atoms with Crippen LogP contribution in [0.5, 0.6) is 0 Å². The number of methoxy groups -OCH3 is 4. The first kappa shape index (κ1) is 30.5. The number of benzene rings is 1. The number of aliphatic hydroxyl groups excluding tert-OH is 1. The minimum Gasteiger partial charge on any atom is -0.455 e. The molecule has 6 aliphatic rings. The molecule has 44 heavy (non-hydrogen) atoms. The van der Waals surface area contributed by atoms with Crippen molar-refractivity contribution in [2.24, 2.45) is 28.6 Å². The topological polar surface area (TPSA) is 162 Å². The molecule has 1 spiro atoms. The van der Waals surface area contributed by atoms with Gasteiger partial charge >= 0.3 is 11.9 Å². The van der Waals surface area contributed by atoms with E-state index in [0.29, 0.717) is 26.0 Å². The van der Waals surface area contributed by atoms with Gasteiger partial charge in [-0.05, 0) is 25.0 Å². The highest BCUT2D eigenvalue weighted by Gasteiger charge is 2.95. The normalized spacial score (nSPS) is 51.1. The molecule has 12 heteroatoms. The molecule has 6 fully saturated rings. The number of carbonyl (C=O) groups is 2. The second-order valence-electron chi connectivity index (χ2n) is 13.9. The highest BCUT2D eigenvalue weighted by Crippen LogP contribution is 2.80. The summed E-state index contributed by atoms with van der Waals surface area (Å²) >= 11 is 0. The summed E-state index contributed by atoms with van der Waals surface area (Å²) in [6, 6.07) is 7.78. The van der Waals surface area contributed by atoms with E-state index >= 15 is 0 Å². The molecule has 0 radical (unpaired) electrons. The monoisotopic (exact) mass is 617 g/mol. The summed E-state index contributed by atoms with van der Waals surface area (Å²) in [6.07, 6.45) is -4.58. The predicted octanol–water partition coefficient (Wildman–Crippen LogP) is 0.0599. The van der Waals surface area contributed by atoms with Gasteiger partial charge in [-0.3, -0.25) is 4.79 Å². The Kier molecular flexibility index (Phi) is 6.87. The van der Waals surface area contributed by atoms with E-state index in [1.807, 2.05) is 0 Å². The third-order valence-corrected chi connectivity index (χ3v) is 12.5. The van der Waals surface area contributed by atoms with E-state index in [1.165, 1.54) is 14.0 Å². The van der Waals surface area contributed by atoms with Crippen LogP contribution >= 0.6 is 0 Å². The van der Waals surface area contributed by atoms with Gasteiger partial charge in [0.1, 0.15) is 23.9 Å². The molecule has 7 bridgehead atoms. The Labute approximate surface area is 256 Å². The van der Waals surface area contributed by atoms with Gasteiger partial charge < -0.3 is 49.1 Å². The van der Waals surface area contributed by atoms with Gasteiger partial charge in [0.05, 0.1) is 35.9 Å². The van der Waals surface area contributed by atoms with Crippen molar-refractivity contribution in [2.45, 2.75) is 79.6 Å². The Bertz CT molecular complexity index is 1330. The van der Waals surface area contributed by atoms with Crippen molar-refractivity contribution in [3.8, 4) is 0 Å². The number of esters is 2. The lowest BCUT2D eigenvalue weighted by molar-refractivity contribution is -0.334. The van der Waals surface area contributed by atoms with E-state index in [-0.39, 0.29) is 17.9 Å². The zero-order valence-corrected chi connectivity index (χ0v) is 25.7. The maximum atomic E-state index is 13.7. The zero-order valence-electron chi connectivity index (χ0n) is 25.7. The molecule has 7 rings (SSSR count). The second-order valence-corrected chi connectivity index (χ2v) is 13.9. The smallest absolute Gasteiger partial charge is 0.338 e. The van der Waals surface area contributed by atoms with Crippen LogP contribution < -0.4 is 5.32 Å². The number of piperidine rings is 1. The van der Waals surface area contributed by atoms with Crippen LogP contribution in [0.2, 0.25) is 0 Å². The molecule has 1 aliphatic heterocycles. The predicted molar refractivity (Wildman–Crippen MR) is 151 cm³/mol. The van der Waals surface area contributed by atoms with Gasteiger partial charge in [0.2, 0.25) is 0 Å². The fourth-order valence-corrected chi connectivity index (χ4v) is 11.7. The number of ether oxygens (including phenoxy) is 6. The first-order valence-electron chi connectivity index (χ1n) is 15.4. The van der Waals surface area contributed by atoms with Crippen LogP contribution in [0.15, 0.2) is 30.3 Å². The van der Waals surface area contributed by atoms with Crippen LogP contribution in [0.3, 0.4) is 0 Å². The number of aliphatic hydroxyl groups is 3. The number of hydrogen-bond donors (Lipinski definition) is 4. The largest absolute Gasteiger partial charge is 0.455 e. The summed E-state index contributed by atoms with van der Waals surface area (Å²) in [5.74, 6) is -3.80. The third-order valence-electron chi connectivity index (χ3n) is 12.5. The van der Waals surface area contributed by atoms with E-state index in [2.05, 4.69) is 5.32 Å². The molecule has 4 N–H and O–H groups in total. The van der Waals surface area contributed by atoms with Crippen LogP contribution in [-0.2, 0) is 33.2 Å². The van der Waals surface area contributed by atoms with Crippen molar-refractivity contribution in [1.29, 1.82) is 0 Å². The van der Waals surface area contributed by atoms with Crippen molar-refractivity contribution in [3.05, 3.63) is 35.9 Å². The van der Waals surface area contributed by atoms with Gasteiger partial charge in [-0.25, -0.2) is 4.79 Å². The van der Waals surface area contributed by atoms with Gasteiger partial charge in [-0.2, -0.15) is 0 Å². The molecule has 14 atom stereocenters. The number of rotatable bonds is 8. The second kappa shape index (κ2) is 9.92. The average Bonchev–Trinajstić information content (AvgIpc) is 3.32. The molecular formula is C32H43NO11. The minimum absolute atomic E-state index is 0.246. The molecule has 0 aromatic heterocycles. The quantitative estimate of drug-likeness (QED) is 0.291. The van der Waals surface area contributed by atoms with Gasteiger partial charge in [0.15, 0.2) is 5.60 Å². The molecule has 1 aromatic rings. The lowest BCUT2D eigenvalue weighted by Crippen LogP contribution is -2.84. The van der Waals surface area contributed by atoms with Gasteiger partial charge in [0.25, 0.3) is 0 Å². The van der Waals surface area contributed by atoms with Gasteiger partial charge in [-0.1, -0.05) is 18.2 Å². The summed E-state index contributed by atoms with van der Waals surface area (Å²) in [6.45, 7) is 2.15. The van der Waals surface area contributed by atoms with Crippen molar-refractivity contribution in [3.63, 3.8) is 0 Å². The number of nitrogens with one attached hydrogen (secondary N) is 1. The Morgan fingerprint density at radius 3 is 2.34 bits per heavy atom. The van der Waals surface area contributed by atoms with Crippen LogP contribution in [-0.4, -0.2) is 122 Å². The third kappa shape index (κ3) is 3.26. The van der Waals surface area contributed by atoms with E-state index in [9.17, 15) is 24.9 Å². The fraction of sp³-hybridized carbons (Fsp3) is 0.750. The standard InChI is InChI=1S/C32H43NO11/c1-16(34)44-32-19-20(41-4)21-28(15-39-2)12-11-18(40-3)31(21,23(19)33-14-28)30(38)13-29(37,26(42-5)24(32)35)25(22(30)32)43-27(36)17-9-7-6-8-10-17/h6-10,18-26,33,35,37-38H,11-15H2,1-5H3/t18-,19-,20-,21+,22-,23+,24-,25+,26-,28-,29-,30-,31+,32-/m0/s1. The molecule has 12 nitrogen and oxygen atoms in total. The summed E-state index contributed by atoms with van der Waals surface area (Å²) in [7, 11) is 6.17. The summed E-state index contributed by atoms with van der Waals surface area (Å²) in [5, 5.41) is 42.2. The molecular weight excluding hydrogens is 574 g/mol. The van der Waals surface area contributed by atoms with Crippen molar-refractivity contribution in [1.82, 2.24) is 5.32 Å². The Morgan fingerprint density at radius 2 is 1.73 bits per heavy atom. The Hall–Kier alpha value is -2.16. The number of fused-ring (bicyclic) bond motifs is 2. The van der Waals surface area contributed by atoms with E-state index < -0.39 is 88.0 Å². The van der Waals surface area contributed by atoms with Gasteiger partial charge in [-0.15, -0.1) is 0 Å². The molecule has 1 saturated heterocycles. The van der Waals surface area contributed by atoms with Crippen molar-refractivity contribution in [2.75, 3.05) is 41.6 Å². The molecule has 0 unspecified atom stereocenters. The maximum absolute atomic E-state index is 13.7. The summed E-state index contributed by atoms with van der Waals surface area (Å²) in [4.78, 5) is 26.8. The average molecular weight is 618 g/mol. The van der Waals surface area contributed by atoms with Crippen LogP contribution in [0, 0.1) is 28.6 Å². The van der Waals surface area contributed by atoms with Crippen LogP contribution in [0.1, 0.15) is 36.5 Å². The van der Waals surface area contributed by atoms with Crippen LogP contribution in [0.4, 0.5) is 0 Å². The van der Waals surface area contributed by atoms with Crippen molar-refractivity contribution >= 4 is 11.9 Å². The van der Waals surface area contributed by atoms with Crippen molar-refractivity contribution < 1.29 is 53.3 Å². The number of hydrogen-bond acceptors (Lipinski definition) is 12. The SMILES string of the molecule is COC[C@]12CC[C@H](OC)[C@]34[C@H](NC1)[C@H]([C@H](OC)[C@H]23)[C@]1(OC(C)=O)[C@H]2[C@@H](OC(=O)c3ccccc3)[C@@](O)(C[C@]24O)[C@@H](OC)[C@@H]1O. The molecule has 1 aromatic carbocycles. The van der Waals surface area contributed by atoms with E-state index in [4.69, 9.17) is 28.4 Å². The Balaban J connectivity index is 1.52. The highest BCUT2D eigenvalue weighted by atomic mass is 16.6. The first-order chi connectivity index (χ1) is 21.0. The van der Waals surface area contributed by atoms with E-state index in [0.717, 1.165) is 0 Å². The molecule has 242 valence electrons. The molecule has 5 aliphatic carbocycles. The molecule has 0 amide bonds. The highest BCUT2D eigenvalue weighted by molar-refractivity contribution is 5.89. The Morgan fingerprint density at radius 1 is 1.00 bits per heavy atom. The zero-order chi connectivity index (χ0) is 31.4. The maximum Gasteiger partial charge on any atom is 0.338 e. The fourth-order valence-electron chi connectivity index (χ4n) is 11.7. The summed E-state index contributed by atoms with van der Waals surface area (Å²) < 4.78 is 36.7. The molecule has 1 heterocycles. The lowest BCUT2D eigenvalue weighted by Gasteiger charge is -2.69. The summed E-state index contributed by atoms with van der Waals surface area (Å²) in [5.41, 5.74) is -7.19. The molecule has 5 saturated carbocycles. The lowest BCUT2D eigenvalue weighted by atomic mass is 9.41. The number of carbonyl (C=O) groups excluding carboxylic acids is 2. The minimum atomic E-state index is -2.04. The van der Waals surface area contributed by atoms with E-state index in [1.54, 1.807) is 51.7 Å². The first-order valence-corrected chi connectivity index (χ1v) is 15.4.